The van der Waals surface area contributed by atoms with Crippen LogP contribution in [-0.2, 0) is 6.42 Å². The molecule has 1 atom stereocenters. The summed E-state index contributed by atoms with van der Waals surface area (Å²) < 4.78 is 0. The van der Waals surface area contributed by atoms with Crippen molar-refractivity contribution in [2.75, 3.05) is 39.3 Å². The molecule has 19 heavy (non-hydrogen) atoms. The molecule has 1 unspecified atom stereocenters. The van der Waals surface area contributed by atoms with Crippen molar-refractivity contribution in [3.63, 3.8) is 0 Å². The van der Waals surface area contributed by atoms with Gasteiger partial charge in [-0.15, -0.1) is 0 Å². The highest BCUT2D eigenvalue weighted by atomic mass is 15.3. The lowest BCUT2D eigenvalue weighted by molar-refractivity contribution is 0.104. The van der Waals surface area contributed by atoms with Crippen LogP contribution in [0.2, 0.25) is 0 Å². The quantitative estimate of drug-likeness (QED) is 0.844. The van der Waals surface area contributed by atoms with Crippen molar-refractivity contribution in [2.24, 2.45) is 5.73 Å². The minimum atomic E-state index is 0.534. The highest BCUT2D eigenvalue weighted by Gasteiger charge is 2.19. The predicted octanol–water partition coefficient (Wildman–Crippen LogP) is 1.58. The Labute approximate surface area is 117 Å². The monoisotopic (exact) mass is 261 g/mol. The maximum Gasteiger partial charge on any atom is 0.0191 e. The van der Waals surface area contributed by atoms with E-state index in [1.165, 1.54) is 51.1 Å². The molecule has 1 aromatic carbocycles. The minimum absolute atomic E-state index is 0.534. The van der Waals surface area contributed by atoms with Gasteiger partial charge in [0.1, 0.15) is 0 Å². The topological polar surface area (TPSA) is 32.5 Å². The molecule has 2 rings (SSSR count). The fraction of sp³-hybridized carbons (Fsp3) is 0.625. The first-order valence-corrected chi connectivity index (χ1v) is 7.50. The van der Waals surface area contributed by atoms with Crippen molar-refractivity contribution >= 4 is 0 Å². The molecule has 0 bridgehead atoms. The van der Waals surface area contributed by atoms with Crippen LogP contribution in [0.4, 0.5) is 0 Å². The summed E-state index contributed by atoms with van der Waals surface area (Å²) in [6.45, 7) is 8.95. The number of nitrogens with zero attached hydrogens (tertiary/aromatic N) is 2. The molecule has 106 valence electrons. The van der Waals surface area contributed by atoms with Crippen LogP contribution < -0.4 is 5.73 Å². The molecule has 0 amide bonds. The van der Waals surface area contributed by atoms with Crippen molar-refractivity contribution in [3.8, 4) is 0 Å². The first-order chi connectivity index (χ1) is 9.29. The average Bonchev–Trinajstić information content (AvgIpc) is 2.48. The lowest BCUT2D eigenvalue weighted by atomic mass is 10.1. The summed E-state index contributed by atoms with van der Waals surface area (Å²) in [5.74, 6) is 0. The Kier molecular flexibility index (Phi) is 5.83. The van der Waals surface area contributed by atoms with Crippen LogP contribution in [-0.4, -0.2) is 55.1 Å². The minimum Gasteiger partial charge on any atom is -0.329 e. The third-order valence-corrected chi connectivity index (χ3v) is 4.15. The zero-order chi connectivity index (χ0) is 13.5. The van der Waals surface area contributed by atoms with Gasteiger partial charge in [-0.2, -0.15) is 0 Å². The number of hydrogen-bond donors (Lipinski definition) is 1. The van der Waals surface area contributed by atoms with Crippen LogP contribution in [0.5, 0.6) is 0 Å². The second-order valence-electron chi connectivity index (χ2n) is 5.55. The van der Waals surface area contributed by atoms with E-state index in [9.17, 15) is 0 Å². The molecule has 1 aromatic rings. The Bertz CT molecular complexity index is 344. The molecule has 0 aromatic heterocycles. The van der Waals surface area contributed by atoms with Gasteiger partial charge in [0.05, 0.1) is 0 Å². The largest absolute Gasteiger partial charge is 0.329 e. The van der Waals surface area contributed by atoms with Crippen LogP contribution in [0, 0.1) is 0 Å². The normalized spacial score (nSPS) is 19.5. The number of benzene rings is 1. The Hall–Kier alpha value is -0.900. The fourth-order valence-corrected chi connectivity index (χ4v) is 2.73. The summed E-state index contributed by atoms with van der Waals surface area (Å²) in [6.07, 6.45) is 2.46. The number of piperazine rings is 1. The number of nitrogens with two attached hydrogens (primary N) is 1. The van der Waals surface area contributed by atoms with Crippen LogP contribution in [0.3, 0.4) is 0 Å². The summed E-state index contributed by atoms with van der Waals surface area (Å²) in [5, 5.41) is 0. The SMILES string of the molecule is CC(CN)N1CCN(CCCc2ccccc2)CC1. The van der Waals surface area contributed by atoms with Gasteiger partial charge < -0.3 is 10.6 Å². The summed E-state index contributed by atoms with van der Waals surface area (Å²) in [4.78, 5) is 5.09. The molecule has 0 spiro atoms. The Morgan fingerprint density at radius 3 is 2.42 bits per heavy atom. The van der Waals surface area contributed by atoms with Gasteiger partial charge in [0.25, 0.3) is 0 Å². The summed E-state index contributed by atoms with van der Waals surface area (Å²) in [7, 11) is 0. The van der Waals surface area contributed by atoms with Crippen molar-refractivity contribution in [1.29, 1.82) is 0 Å². The zero-order valence-corrected chi connectivity index (χ0v) is 12.1. The smallest absolute Gasteiger partial charge is 0.0191 e. The molecule has 0 aliphatic carbocycles. The Balaban J connectivity index is 1.63. The van der Waals surface area contributed by atoms with E-state index in [0.717, 1.165) is 6.54 Å². The molecule has 2 N–H and O–H groups in total. The van der Waals surface area contributed by atoms with Crippen molar-refractivity contribution in [1.82, 2.24) is 9.80 Å². The standard InChI is InChI=1S/C16H27N3/c1-15(14-17)19-12-10-18(11-13-19)9-5-8-16-6-3-2-4-7-16/h2-4,6-7,15H,5,8-14,17H2,1H3. The van der Waals surface area contributed by atoms with Crippen molar-refractivity contribution < 1.29 is 0 Å². The van der Waals surface area contributed by atoms with Crippen molar-refractivity contribution in [3.05, 3.63) is 35.9 Å². The van der Waals surface area contributed by atoms with E-state index in [-0.39, 0.29) is 0 Å². The highest BCUT2D eigenvalue weighted by molar-refractivity contribution is 5.14. The summed E-state index contributed by atoms with van der Waals surface area (Å²) in [5.41, 5.74) is 7.18. The number of rotatable bonds is 6. The van der Waals surface area contributed by atoms with Crippen LogP contribution in [0.15, 0.2) is 30.3 Å². The molecule has 0 radical (unpaired) electrons. The lowest BCUT2D eigenvalue weighted by Gasteiger charge is -2.37. The second kappa shape index (κ2) is 7.63. The maximum absolute atomic E-state index is 5.73. The van der Waals surface area contributed by atoms with E-state index >= 15 is 0 Å². The number of aryl methyl sites for hydroxylation is 1. The highest BCUT2D eigenvalue weighted by Crippen LogP contribution is 2.08. The van der Waals surface area contributed by atoms with Gasteiger partial charge in [-0.25, -0.2) is 0 Å². The van der Waals surface area contributed by atoms with Gasteiger partial charge in [-0.05, 0) is 31.9 Å². The molecule has 1 aliphatic heterocycles. The second-order valence-corrected chi connectivity index (χ2v) is 5.55. The lowest BCUT2D eigenvalue weighted by Crippen LogP contribution is -2.51. The molecule has 3 heteroatoms. The molecule has 1 fully saturated rings. The van der Waals surface area contributed by atoms with E-state index < -0.39 is 0 Å². The zero-order valence-electron chi connectivity index (χ0n) is 12.1. The Morgan fingerprint density at radius 1 is 1.11 bits per heavy atom. The average molecular weight is 261 g/mol. The first kappa shape index (κ1) is 14.5. The third kappa shape index (κ3) is 4.60. The van der Waals surface area contributed by atoms with E-state index in [0.29, 0.717) is 6.04 Å². The van der Waals surface area contributed by atoms with Gasteiger partial charge in [0, 0.05) is 38.8 Å². The third-order valence-electron chi connectivity index (χ3n) is 4.15. The molecule has 0 saturated carbocycles. The molecule has 1 aliphatic rings. The molecule has 3 nitrogen and oxygen atoms in total. The van der Waals surface area contributed by atoms with Crippen molar-refractivity contribution in [2.45, 2.75) is 25.8 Å². The maximum atomic E-state index is 5.73. The number of hydrogen-bond acceptors (Lipinski definition) is 3. The predicted molar refractivity (Wildman–Crippen MR) is 81.3 cm³/mol. The van der Waals surface area contributed by atoms with Gasteiger partial charge in [0.2, 0.25) is 0 Å². The fourth-order valence-electron chi connectivity index (χ4n) is 2.73. The van der Waals surface area contributed by atoms with E-state index in [1.54, 1.807) is 0 Å². The summed E-state index contributed by atoms with van der Waals surface area (Å²) in [6, 6.07) is 11.3. The van der Waals surface area contributed by atoms with E-state index in [1.807, 2.05) is 0 Å². The van der Waals surface area contributed by atoms with Crippen LogP contribution in [0.1, 0.15) is 18.9 Å². The van der Waals surface area contributed by atoms with Gasteiger partial charge in [-0.1, -0.05) is 30.3 Å². The Morgan fingerprint density at radius 2 is 1.79 bits per heavy atom. The summed E-state index contributed by atoms with van der Waals surface area (Å²) >= 11 is 0. The van der Waals surface area contributed by atoms with Crippen LogP contribution in [0.25, 0.3) is 0 Å². The van der Waals surface area contributed by atoms with Gasteiger partial charge in [0.15, 0.2) is 0 Å². The molecular formula is C16H27N3. The molecule has 1 heterocycles. The van der Waals surface area contributed by atoms with E-state index in [2.05, 4.69) is 47.1 Å². The van der Waals surface area contributed by atoms with E-state index in [4.69, 9.17) is 5.73 Å². The molecular weight excluding hydrogens is 234 g/mol. The van der Waals surface area contributed by atoms with Gasteiger partial charge >= 0.3 is 0 Å². The molecule has 1 saturated heterocycles. The first-order valence-electron chi connectivity index (χ1n) is 7.50. The van der Waals surface area contributed by atoms with Crippen LogP contribution >= 0.6 is 0 Å². The van der Waals surface area contributed by atoms with Gasteiger partial charge in [-0.3, -0.25) is 4.90 Å².